The Kier molecular flexibility index (Phi) is 6.21. The van der Waals surface area contributed by atoms with Crippen molar-refractivity contribution in [1.82, 2.24) is 0 Å². The first-order chi connectivity index (χ1) is 10.6. The first kappa shape index (κ1) is 16.8. The van der Waals surface area contributed by atoms with E-state index in [1.807, 2.05) is 42.5 Å². The van der Waals surface area contributed by atoms with E-state index in [4.69, 9.17) is 5.11 Å². The third-order valence-electron chi connectivity index (χ3n) is 3.12. The van der Waals surface area contributed by atoms with Crippen molar-refractivity contribution in [2.24, 2.45) is 0 Å². The lowest BCUT2D eigenvalue weighted by atomic mass is 10.0. The van der Waals surface area contributed by atoms with Gasteiger partial charge in [-0.3, -0.25) is 9.59 Å². The normalized spacial score (nSPS) is 11.9. The van der Waals surface area contributed by atoms with Crippen LogP contribution in [0.25, 0.3) is 0 Å². The van der Waals surface area contributed by atoms with Crippen LogP contribution in [-0.2, 0) is 4.79 Å². The van der Waals surface area contributed by atoms with Gasteiger partial charge in [-0.15, -0.1) is 11.8 Å². The molecule has 0 spiro atoms. The van der Waals surface area contributed by atoms with Gasteiger partial charge in [0, 0.05) is 21.7 Å². The summed E-state index contributed by atoms with van der Waals surface area (Å²) >= 11 is 4.62. The van der Waals surface area contributed by atoms with E-state index in [0.29, 0.717) is 5.56 Å². The van der Waals surface area contributed by atoms with Crippen LogP contribution in [-0.4, -0.2) is 22.6 Å². The van der Waals surface area contributed by atoms with Gasteiger partial charge < -0.3 is 5.11 Å². The summed E-state index contributed by atoms with van der Waals surface area (Å²) in [6, 6.07) is 16.8. The molecule has 2 rings (SSSR count). The smallest absolute Gasteiger partial charge is 0.313 e. The number of carbonyl (C=O) groups is 2. The Bertz CT molecular complexity index is 641. The maximum atomic E-state index is 12.4. The number of benzene rings is 2. The minimum Gasteiger partial charge on any atom is -0.481 e. The fourth-order valence-electron chi connectivity index (χ4n) is 2.03. The van der Waals surface area contributed by atoms with Crippen LogP contribution in [0.5, 0.6) is 0 Å². The Balaban J connectivity index is 2.13. The second-order valence-electron chi connectivity index (χ2n) is 4.74. The molecular formula is C17H15BrO3S. The third-order valence-corrected chi connectivity index (χ3v) is 4.90. The zero-order chi connectivity index (χ0) is 15.9. The number of aliphatic carboxylic acids is 1. The summed E-state index contributed by atoms with van der Waals surface area (Å²) in [5.41, 5.74) is 1.61. The molecule has 22 heavy (non-hydrogen) atoms. The predicted molar refractivity (Wildman–Crippen MR) is 92.4 cm³/mol. The highest BCUT2D eigenvalue weighted by Crippen LogP contribution is 2.33. The summed E-state index contributed by atoms with van der Waals surface area (Å²) in [7, 11) is 0. The topological polar surface area (TPSA) is 54.4 Å². The zero-order valence-corrected chi connectivity index (χ0v) is 14.1. The van der Waals surface area contributed by atoms with Gasteiger partial charge in [-0.25, -0.2) is 0 Å². The number of thioether (sulfide) groups is 1. The summed E-state index contributed by atoms with van der Waals surface area (Å²) in [5.74, 6) is -0.881. The number of carbonyl (C=O) groups excluding carboxylic acids is 1. The van der Waals surface area contributed by atoms with Crippen LogP contribution in [0.4, 0.5) is 0 Å². The Labute approximate surface area is 141 Å². The van der Waals surface area contributed by atoms with Crippen molar-refractivity contribution in [2.75, 3.05) is 5.75 Å². The number of Topliss-reactive ketones (excluding diaryl/α,β-unsaturated/α-hetero) is 1. The van der Waals surface area contributed by atoms with Crippen molar-refractivity contribution < 1.29 is 14.7 Å². The van der Waals surface area contributed by atoms with Gasteiger partial charge in [-0.2, -0.15) is 0 Å². The fourth-order valence-corrected chi connectivity index (χ4v) is 3.26. The molecule has 0 amide bonds. The largest absolute Gasteiger partial charge is 0.481 e. The lowest BCUT2D eigenvalue weighted by molar-refractivity contribution is -0.133. The molecule has 0 radical (unpaired) electrons. The van der Waals surface area contributed by atoms with E-state index in [0.717, 1.165) is 10.0 Å². The first-order valence-electron chi connectivity index (χ1n) is 6.73. The standard InChI is InChI=1S/C17H15BrO3S/c18-14-8-6-12(7-9-14)15(19)10-16(22-11-17(20)21)13-4-2-1-3-5-13/h1-9,16H,10-11H2,(H,20,21). The van der Waals surface area contributed by atoms with Crippen molar-refractivity contribution in [3.05, 3.63) is 70.2 Å². The van der Waals surface area contributed by atoms with E-state index in [2.05, 4.69) is 15.9 Å². The molecule has 5 heteroatoms. The summed E-state index contributed by atoms with van der Waals surface area (Å²) in [4.78, 5) is 23.2. The molecule has 0 aliphatic carbocycles. The monoisotopic (exact) mass is 378 g/mol. The molecule has 2 aromatic carbocycles. The molecule has 1 unspecified atom stereocenters. The molecule has 0 aliphatic heterocycles. The molecule has 114 valence electrons. The van der Waals surface area contributed by atoms with Crippen LogP contribution >= 0.6 is 27.7 Å². The maximum Gasteiger partial charge on any atom is 0.313 e. The van der Waals surface area contributed by atoms with Crippen LogP contribution in [0.15, 0.2) is 59.1 Å². The van der Waals surface area contributed by atoms with E-state index >= 15 is 0 Å². The molecule has 0 bridgehead atoms. The molecule has 1 N–H and O–H groups in total. The van der Waals surface area contributed by atoms with Crippen LogP contribution in [0.3, 0.4) is 0 Å². The van der Waals surface area contributed by atoms with Gasteiger partial charge in [-0.05, 0) is 17.7 Å². The molecule has 0 aliphatic rings. The summed E-state index contributed by atoms with van der Waals surface area (Å²) in [6.07, 6.45) is 0.281. The molecule has 2 aromatic rings. The van der Waals surface area contributed by atoms with Crippen LogP contribution in [0.1, 0.15) is 27.6 Å². The first-order valence-corrected chi connectivity index (χ1v) is 8.57. The number of ketones is 1. The lowest BCUT2D eigenvalue weighted by Crippen LogP contribution is -2.08. The van der Waals surface area contributed by atoms with Gasteiger partial charge in [0.25, 0.3) is 0 Å². The predicted octanol–water partition coefficient (Wildman–Crippen LogP) is 4.58. The van der Waals surface area contributed by atoms with Gasteiger partial charge in [0.05, 0.1) is 5.75 Å². The Morgan fingerprint density at radius 2 is 1.68 bits per heavy atom. The van der Waals surface area contributed by atoms with Crippen molar-refractivity contribution in [3.8, 4) is 0 Å². The average molecular weight is 379 g/mol. The molecule has 0 aromatic heterocycles. The van der Waals surface area contributed by atoms with E-state index in [9.17, 15) is 9.59 Å². The molecule has 3 nitrogen and oxygen atoms in total. The highest BCUT2D eigenvalue weighted by Gasteiger charge is 2.18. The number of hydrogen-bond acceptors (Lipinski definition) is 3. The second kappa shape index (κ2) is 8.15. The van der Waals surface area contributed by atoms with Gasteiger partial charge in [0.2, 0.25) is 0 Å². The fraction of sp³-hybridized carbons (Fsp3) is 0.176. The van der Waals surface area contributed by atoms with Crippen LogP contribution in [0.2, 0.25) is 0 Å². The number of rotatable bonds is 7. The zero-order valence-electron chi connectivity index (χ0n) is 11.7. The molecule has 0 heterocycles. The van der Waals surface area contributed by atoms with E-state index in [1.165, 1.54) is 11.8 Å². The molecule has 0 fully saturated rings. The van der Waals surface area contributed by atoms with Gasteiger partial charge in [0.15, 0.2) is 5.78 Å². The van der Waals surface area contributed by atoms with E-state index < -0.39 is 5.97 Å². The minimum absolute atomic E-state index is 0.0132. The second-order valence-corrected chi connectivity index (χ2v) is 6.84. The van der Waals surface area contributed by atoms with Crippen LogP contribution in [0, 0.1) is 0 Å². The number of carboxylic acid groups (broad SMARTS) is 1. The minimum atomic E-state index is -0.873. The SMILES string of the molecule is O=C(O)CSC(CC(=O)c1ccc(Br)cc1)c1ccccc1. The van der Waals surface area contributed by atoms with Crippen molar-refractivity contribution in [2.45, 2.75) is 11.7 Å². The van der Waals surface area contributed by atoms with Crippen LogP contribution < -0.4 is 0 Å². The Morgan fingerprint density at radius 1 is 1.05 bits per heavy atom. The maximum absolute atomic E-state index is 12.4. The molecule has 0 saturated heterocycles. The number of halogens is 1. The Hall–Kier alpha value is -1.59. The van der Waals surface area contributed by atoms with Gasteiger partial charge in [-0.1, -0.05) is 58.4 Å². The van der Waals surface area contributed by atoms with Crippen molar-refractivity contribution >= 4 is 39.4 Å². The molecular weight excluding hydrogens is 364 g/mol. The highest BCUT2D eigenvalue weighted by atomic mass is 79.9. The van der Waals surface area contributed by atoms with E-state index in [-0.39, 0.29) is 23.2 Å². The van der Waals surface area contributed by atoms with Crippen molar-refractivity contribution in [1.29, 1.82) is 0 Å². The lowest BCUT2D eigenvalue weighted by Gasteiger charge is -2.15. The Morgan fingerprint density at radius 3 is 2.27 bits per heavy atom. The van der Waals surface area contributed by atoms with E-state index in [1.54, 1.807) is 12.1 Å². The average Bonchev–Trinajstić information content (AvgIpc) is 2.52. The van der Waals surface area contributed by atoms with Gasteiger partial charge >= 0.3 is 5.97 Å². The third kappa shape index (κ3) is 5.00. The summed E-state index contributed by atoms with van der Waals surface area (Å²) in [6.45, 7) is 0. The highest BCUT2D eigenvalue weighted by molar-refractivity contribution is 9.10. The molecule has 0 saturated carbocycles. The summed E-state index contributed by atoms with van der Waals surface area (Å²) < 4.78 is 0.920. The molecule has 1 atom stereocenters. The summed E-state index contributed by atoms with van der Waals surface area (Å²) in [5, 5.41) is 8.72. The number of carboxylic acids is 1. The number of hydrogen-bond donors (Lipinski definition) is 1. The van der Waals surface area contributed by atoms with Gasteiger partial charge in [0.1, 0.15) is 0 Å². The van der Waals surface area contributed by atoms with Crippen molar-refractivity contribution in [3.63, 3.8) is 0 Å². The quantitative estimate of drug-likeness (QED) is 0.716.